The van der Waals surface area contributed by atoms with E-state index in [4.69, 9.17) is 4.74 Å². The lowest BCUT2D eigenvalue weighted by atomic mass is 9.99. The Kier molecular flexibility index (Phi) is 2.19. The predicted octanol–water partition coefficient (Wildman–Crippen LogP) is 3.01. The molecular formula is C12H14O. The average Bonchev–Trinajstić information content (AvgIpc) is 2.52. The lowest BCUT2D eigenvalue weighted by molar-refractivity contribution is 0.123. The molecule has 1 aliphatic rings. The fourth-order valence-corrected chi connectivity index (χ4v) is 1.73. The van der Waals surface area contributed by atoms with Crippen molar-refractivity contribution < 1.29 is 4.74 Å². The van der Waals surface area contributed by atoms with Crippen LogP contribution in [0.3, 0.4) is 0 Å². The Bertz CT molecular complexity index is 339. The van der Waals surface area contributed by atoms with Gasteiger partial charge in [0.15, 0.2) is 0 Å². The fourth-order valence-electron chi connectivity index (χ4n) is 1.73. The molecule has 0 radical (unpaired) electrons. The van der Waals surface area contributed by atoms with Crippen molar-refractivity contribution in [3.8, 4) is 0 Å². The third kappa shape index (κ3) is 1.52. The Hall–Kier alpha value is -1.08. The number of ether oxygens (including phenoxy) is 1. The van der Waals surface area contributed by atoms with Crippen LogP contribution in [-0.2, 0) is 4.74 Å². The molecule has 1 aliphatic heterocycles. The van der Waals surface area contributed by atoms with Gasteiger partial charge < -0.3 is 4.74 Å². The largest absolute Gasteiger partial charge is 0.365 e. The van der Waals surface area contributed by atoms with E-state index in [0.29, 0.717) is 0 Å². The molecule has 0 saturated carbocycles. The van der Waals surface area contributed by atoms with Gasteiger partial charge in [-0.15, -0.1) is 0 Å². The number of hydrogen-bond donors (Lipinski definition) is 0. The van der Waals surface area contributed by atoms with E-state index < -0.39 is 0 Å². The predicted molar refractivity (Wildman–Crippen MR) is 53.6 cm³/mol. The summed E-state index contributed by atoms with van der Waals surface area (Å²) in [5.41, 5.74) is 3.94. The van der Waals surface area contributed by atoms with Gasteiger partial charge in [-0.25, -0.2) is 0 Å². The smallest absolute Gasteiger partial charge is 0.104 e. The van der Waals surface area contributed by atoms with Gasteiger partial charge in [0.2, 0.25) is 0 Å². The second kappa shape index (κ2) is 3.35. The molecule has 0 N–H and O–H groups in total. The first-order valence-electron chi connectivity index (χ1n) is 4.63. The highest BCUT2D eigenvalue weighted by molar-refractivity contribution is 5.34. The minimum Gasteiger partial charge on any atom is -0.365 e. The molecule has 0 aliphatic carbocycles. The van der Waals surface area contributed by atoms with Crippen LogP contribution in [0, 0.1) is 6.92 Å². The van der Waals surface area contributed by atoms with Crippen LogP contribution < -0.4 is 0 Å². The van der Waals surface area contributed by atoms with Crippen LogP contribution in [0.25, 0.3) is 0 Å². The molecular weight excluding hydrogens is 160 g/mol. The van der Waals surface area contributed by atoms with Gasteiger partial charge in [0, 0.05) is 0 Å². The van der Waals surface area contributed by atoms with Crippen molar-refractivity contribution in [1.82, 2.24) is 0 Å². The van der Waals surface area contributed by atoms with Crippen molar-refractivity contribution in [2.75, 3.05) is 6.61 Å². The first-order chi connectivity index (χ1) is 6.29. The van der Waals surface area contributed by atoms with Crippen LogP contribution in [0.2, 0.25) is 0 Å². The monoisotopic (exact) mass is 174 g/mol. The summed E-state index contributed by atoms with van der Waals surface area (Å²) in [6, 6.07) is 8.40. The molecule has 0 bridgehead atoms. The quantitative estimate of drug-likeness (QED) is 0.595. The normalized spacial score (nSPS) is 21.7. The van der Waals surface area contributed by atoms with E-state index in [-0.39, 0.29) is 6.10 Å². The van der Waals surface area contributed by atoms with Crippen LogP contribution in [0.15, 0.2) is 35.9 Å². The van der Waals surface area contributed by atoms with Crippen molar-refractivity contribution in [3.63, 3.8) is 0 Å². The van der Waals surface area contributed by atoms with Crippen LogP contribution in [0.1, 0.15) is 24.2 Å². The van der Waals surface area contributed by atoms with E-state index in [9.17, 15) is 0 Å². The average molecular weight is 174 g/mol. The molecule has 1 aromatic carbocycles. The summed E-state index contributed by atoms with van der Waals surface area (Å²) in [5, 5.41) is 0. The van der Waals surface area contributed by atoms with Gasteiger partial charge in [0.05, 0.1) is 6.61 Å². The van der Waals surface area contributed by atoms with Gasteiger partial charge in [0.1, 0.15) is 6.10 Å². The summed E-state index contributed by atoms with van der Waals surface area (Å²) >= 11 is 0. The van der Waals surface area contributed by atoms with Crippen molar-refractivity contribution in [3.05, 3.63) is 47.0 Å². The zero-order valence-electron chi connectivity index (χ0n) is 8.08. The second-order valence-corrected chi connectivity index (χ2v) is 3.52. The fraction of sp³-hybridized carbons (Fsp3) is 0.333. The van der Waals surface area contributed by atoms with Gasteiger partial charge >= 0.3 is 0 Å². The standard InChI is InChI=1S/C12H14O/c1-9-5-3-4-6-11(9)12-10(2)7-8-13-12/h3-7,12H,8H2,1-2H3. The maximum absolute atomic E-state index is 5.64. The Balaban J connectivity index is 2.36. The number of aryl methyl sites for hydroxylation is 1. The van der Waals surface area contributed by atoms with Crippen molar-refractivity contribution in [2.24, 2.45) is 0 Å². The molecule has 2 rings (SSSR count). The van der Waals surface area contributed by atoms with E-state index in [1.54, 1.807) is 0 Å². The first-order valence-corrected chi connectivity index (χ1v) is 4.63. The summed E-state index contributed by atoms with van der Waals surface area (Å²) < 4.78 is 5.64. The molecule has 0 amide bonds. The zero-order valence-corrected chi connectivity index (χ0v) is 8.08. The van der Waals surface area contributed by atoms with E-state index in [1.807, 2.05) is 0 Å². The molecule has 1 unspecified atom stereocenters. The second-order valence-electron chi connectivity index (χ2n) is 3.52. The summed E-state index contributed by atoms with van der Waals surface area (Å²) in [6.07, 6.45) is 2.35. The van der Waals surface area contributed by atoms with E-state index >= 15 is 0 Å². The van der Waals surface area contributed by atoms with Gasteiger partial charge in [-0.1, -0.05) is 30.3 Å². The van der Waals surface area contributed by atoms with Crippen LogP contribution >= 0.6 is 0 Å². The van der Waals surface area contributed by atoms with E-state index in [1.165, 1.54) is 16.7 Å². The van der Waals surface area contributed by atoms with Gasteiger partial charge in [0.25, 0.3) is 0 Å². The molecule has 0 saturated heterocycles. The highest BCUT2D eigenvalue weighted by Crippen LogP contribution is 2.31. The molecule has 0 aromatic heterocycles. The molecule has 0 fully saturated rings. The van der Waals surface area contributed by atoms with Crippen molar-refractivity contribution >= 4 is 0 Å². The lowest BCUT2D eigenvalue weighted by Crippen LogP contribution is -2.01. The Morgan fingerprint density at radius 3 is 2.62 bits per heavy atom. The molecule has 1 heterocycles. The first kappa shape index (κ1) is 8.52. The van der Waals surface area contributed by atoms with Crippen LogP contribution in [0.5, 0.6) is 0 Å². The van der Waals surface area contributed by atoms with E-state index in [2.05, 4.69) is 44.2 Å². The molecule has 13 heavy (non-hydrogen) atoms. The summed E-state index contributed by atoms with van der Waals surface area (Å²) in [5.74, 6) is 0. The Labute approximate surface area is 79.0 Å². The van der Waals surface area contributed by atoms with Gasteiger partial charge in [-0.05, 0) is 30.5 Å². The molecule has 0 spiro atoms. The third-order valence-corrected chi connectivity index (χ3v) is 2.55. The highest BCUT2D eigenvalue weighted by atomic mass is 16.5. The molecule has 1 heteroatoms. The molecule has 68 valence electrons. The lowest BCUT2D eigenvalue weighted by Gasteiger charge is -2.14. The SMILES string of the molecule is CC1=CCOC1c1ccccc1C. The maximum Gasteiger partial charge on any atom is 0.104 e. The van der Waals surface area contributed by atoms with E-state index in [0.717, 1.165) is 6.61 Å². The third-order valence-electron chi connectivity index (χ3n) is 2.55. The Morgan fingerprint density at radius 2 is 2.00 bits per heavy atom. The Morgan fingerprint density at radius 1 is 1.23 bits per heavy atom. The maximum atomic E-state index is 5.64. The van der Waals surface area contributed by atoms with Crippen LogP contribution in [-0.4, -0.2) is 6.61 Å². The minimum atomic E-state index is 0.196. The molecule has 1 aromatic rings. The van der Waals surface area contributed by atoms with Gasteiger partial charge in [-0.2, -0.15) is 0 Å². The number of hydrogen-bond acceptors (Lipinski definition) is 1. The minimum absolute atomic E-state index is 0.196. The summed E-state index contributed by atoms with van der Waals surface area (Å²) in [6.45, 7) is 5.01. The number of rotatable bonds is 1. The number of benzene rings is 1. The van der Waals surface area contributed by atoms with Crippen molar-refractivity contribution in [2.45, 2.75) is 20.0 Å². The van der Waals surface area contributed by atoms with Crippen molar-refractivity contribution in [1.29, 1.82) is 0 Å². The zero-order chi connectivity index (χ0) is 9.26. The molecule has 1 nitrogen and oxygen atoms in total. The van der Waals surface area contributed by atoms with Crippen LogP contribution in [0.4, 0.5) is 0 Å². The highest BCUT2D eigenvalue weighted by Gasteiger charge is 2.19. The topological polar surface area (TPSA) is 9.23 Å². The molecule has 1 atom stereocenters. The summed E-state index contributed by atoms with van der Waals surface area (Å²) in [7, 11) is 0. The summed E-state index contributed by atoms with van der Waals surface area (Å²) in [4.78, 5) is 0. The van der Waals surface area contributed by atoms with Gasteiger partial charge in [-0.3, -0.25) is 0 Å².